The van der Waals surface area contributed by atoms with Gasteiger partial charge in [0.2, 0.25) is 0 Å². The standard InChI is InChI=1S/C15H14ClF2N/c1-2-14(10-4-3-5-11(16)8-10)19-15-9-12(17)6-7-13(15)18/h3-9,14,19H,2H2,1H3. The van der Waals surface area contributed by atoms with Crippen molar-refractivity contribution >= 4 is 17.3 Å². The number of hydrogen-bond acceptors (Lipinski definition) is 1. The lowest BCUT2D eigenvalue weighted by Gasteiger charge is -2.19. The van der Waals surface area contributed by atoms with Gasteiger partial charge in [0.25, 0.3) is 0 Å². The second kappa shape index (κ2) is 6.02. The van der Waals surface area contributed by atoms with Gasteiger partial charge in [-0.05, 0) is 42.3 Å². The maximum atomic E-state index is 13.6. The molecule has 1 atom stereocenters. The van der Waals surface area contributed by atoms with E-state index in [2.05, 4.69) is 5.32 Å². The normalized spacial score (nSPS) is 12.2. The monoisotopic (exact) mass is 281 g/mol. The fourth-order valence-corrected chi connectivity index (χ4v) is 2.14. The Morgan fingerprint density at radius 1 is 1.16 bits per heavy atom. The summed E-state index contributed by atoms with van der Waals surface area (Å²) in [5.41, 5.74) is 1.10. The Balaban J connectivity index is 2.26. The molecule has 4 heteroatoms. The molecular formula is C15H14ClF2N. The summed E-state index contributed by atoms with van der Waals surface area (Å²) in [5.74, 6) is -0.938. The first-order valence-electron chi connectivity index (χ1n) is 6.07. The lowest BCUT2D eigenvalue weighted by atomic mass is 10.0. The molecule has 2 rings (SSSR count). The van der Waals surface area contributed by atoms with Crippen LogP contribution in [0.15, 0.2) is 42.5 Å². The van der Waals surface area contributed by atoms with Gasteiger partial charge in [0.1, 0.15) is 11.6 Å². The highest BCUT2D eigenvalue weighted by molar-refractivity contribution is 6.30. The maximum Gasteiger partial charge on any atom is 0.146 e. The topological polar surface area (TPSA) is 12.0 Å². The fourth-order valence-electron chi connectivity index (χ4n) is 1.94. The van der Waals surface area contributed by atoms with Crippen LogP contribution in [0, 0.1) is 11.6 Å². The molecule has 0 aliphatic carbocycles. The third-order valence-electron chi connectivity index (χ3n) is 2.92. The van der Waals surface area contributed by atoms with Gasteiger partial charge in [0.05, 0.1) is 11.7 Å². The van der Waals surface area contributed by atoms with Crippen LogP contribution in [-0.4, -0.2) is 0 Å². The van der Waals surface area contributed by atoms with E-state index >= 15 is 0 Å². The molecule has 0 fully saturated rings. The molecule has 100 valence electrons. The Morgan fingerprint density at radius 3 is 2.63 bits per heavy atom. The summed E-state index contributed by atoms with van der Waals surface area (Å²) in [5, 5.41) is 3.63. The summed E-state index contributed by atoms with van der Waals surface area (Å²) in [4.78, 5) is 0. The molecule has 0 heterocycles. The number of anilines is 1. The molecule has 0 aliphatic rings. The molecule has 0 aliphatic heterocycles. The number of benzene rings is 2. The molecule has 0 saturated carbocycles. The molecule has 0 aromatic heterocycles. The molecule has 2 aromatic rings. The molecule has 0 bridgehead atoms. The average Bonchev–Trinajstić information content (AvgIpc) is 2.39. The third kappa shape index (κ3) is 3.44. The second-order valence-electron chi connectivity index (χ2n) is 4.28. The van der Waals surface area contributed by atoms with Crippen LogP contribution in [-0.2, 0) is 0 Å². The Kier molecular flexibility index (Phi) is 4.38. The average molecular weight is 282 g/mol. The Hall–Kier alpha value is -1.61. The lowest BCUT2D eigenvalue weighted by Crippen LogP contribution is -2.11. The number of halogens is 3. The van der Waals surface area contributed by atoms with Gasteiger partial charge in [-0.2, -0.15) is 0 Å². The van der Waals surface area contributed by atoms with Crippen molar-refractivity contribution in [2.75, 3.05) is 5.32 Å². The van der Waals surface area contributed by atoms with Crippen LogP contribution in [0.1, 0.15) is 24.9 Å². The van der Waals surface area contributed by atoms with Crippen molar-refractivity contribution in [1.82, 2.24) is 0 Å². The van der Waals surface area contributed by atoms with E-state index in [4.69, 9.17) is 11.6 Å². The van der Waals surface area contributed by atoms with Gasteiger partial charge in [-0.15, -0.1) is 0 Å². The highest BCUT2D eigenvalue weighted by atomic mass is 35.5. The molecule has 2 aromatic carbocycles. The summed E-state index contributed by atoms with van der Waals surface area (Å²) >= 11 is 5.94. The molecule has 19 heavy (non-hydrogen) atoms. The summed E-state index contributed by atoms with van der Waals surface area (Å²) < 4.78 is 26.7. The van der Waals surface area contributed by atoms with Crippen molar-refractivity contribution in [3.63, 3.8) is 0 Å². The van der Waals surface area contributed by atoms with Crippen LogP contribution >= 0.6 is 11.6 Å². The van der Waals surface area contributed by atoms with Gasteiger partial charge in [0.15, 0.2) is 0 Å². The van der Waals surface area contributed by atoms with E-state index in [1.165, 1.54) is 0 Å². The zero-order valence-corrected chi connectivity index (χ0v) is 11.2. The van der Waals surface area contributed by atoms with Crippen LogP contribution < -0.4 is 5.32 Å². The van der Waals surface area contributed by atoms with E-state index in [0.29, 0.717) is 5.02 Å². The number of nitrogens with one attached hydrogen (secondary N) is 1. The fraction of sp³-hybridized carbons (Fsp3) is 0.200. The van der Waals surface area contributed by atoms with E-state index in [1.54, 1.807) is 6.07 Å². The van der Waals surface area contributed by atoms with E-state index < -0.39 is 11.6 Å². The van der Waals surface area contributed by atoms with Gasteiger partial charge in [-0.25, -0.2) is 8.78 Å². The minimum Gasteiger partial charge on any atom is -0.376 e. The molecule has 0 spiro atoms. The predicted octanol–water partition coefficient (Wildman–Crippen LogP) is 5.18. The van der Waals surface area contributed by atoms with E-state index in [9.17, 15) is 8.78 Å². The van der Waals surface area contributed by atoms with E-state index in [-0.39, 0.29) is 11.7 Å². The maximum absolute atomic E-state index is 13.6. The van der Waals surface area contributed by atoms with Crippen LogP contribution in [0.2, 0.25) is 5.02 Å². The first-order chi connectivity index (χ1) is 9.10. The van der Waals surface area contributed by atoms with Crippen LogP contribution in [0.5, 0.6) is 0 Å². The minimum absolute atomic E-state index is 0.116. The minimum atomic E-state index is -0.470. The highest BCUT2D eigenvalue weighted by Crippen LogP contribution is 2.26. The Labute approximate surface area is 116 Å². The summed E-state index contributed by atoms with van der Waals surface area (Å²) in [6, 6.07) is 10.6. The molecule has 0 saturated heterocycles. The van der Waals surface area contributed by atoms with Crippen molar-refractivity contribution in [2.24, 2.45) is 0 Å². The summed E-state index contributed by atoms with van der Waals surface area (Å²) in [6.07, 6.45) is 0.732. The van der Waals surface area contributed by atoms with Crippen molar-refractivity contribution in [1.29, 1.82) is 0 Å². The molecular weight excluding hydrogens is 268 g/mol. The molecule has 1 nitrogen and oxygen atoms in total. The highest BCUT2D eigenvalue weighted by Gasteiger charge is 2.12. The smallest absolute Gasteiger partial charge is 0.146 e. The summed E-state index contributed by atoms with van der Waals surface area (Å²) in [7, 11) is 0. The van der Waals surface area contributed by atoms with Crippen LogP contribution in [0.4, 0.5) is 14.5 Å². The zero-order valence-electron chi connectivity index (χ0n) is 10.5. The van der Waals surface area contributed by atoms with E-state index in [1.807, 2.05) is 25.1 Å². The molecule has 1 N–H and O–H groups in total. The van der Waals surface area contributed by atoms with Gasteiger partial charge >= 0.3 is 0 Å². The van der Waals surface area contributed by atoms with Crippen molar-refractivity contribution in [2.45, 2.75) is 19.4 Å². The largest absolute Gasteiger partial charge is 0.376 e. The van der Waals surface area contributed by atoms with Gasteiger partial charge in [-0.1, -0.05) is 30.7 Å². The van der Waals surface area contributed by atoms with Crippen molar-refractivity contribution in [3.8, 4) is 0 Å². The molecule has 0 amide bonds. The molecule has 0 radical (unpaired) electrons. The Morgan fingerprint density at radius 2 is 1.95 bits per heavy atom. The first kappa shape index (κ1) is 13.8. The predicted molar refractivity (Wildman–Crippen MR) is 74.5 cm³/mol. The Bertz CT molecular complexity index is 572. The SMILES string of the molecule is CCC(Nc1cc(F)ccc1F)c1cccc(Cl)c1. The van der Waals surface area contributed by atoms with E-state index in [0.717, 1.165) is 30.2 Å². The molecule has 1 unspecified atom stereocenters. The van der Waals surface area contributed by atoms with Gasteiger partial charge < -0.3 is 5.32 Å². The van der Waals surface area contributed by atoms with Crippen molar-refractivity contribution in [3.05, 3.63) is 64.7 Å². The second-order valence-corrected chi connectivity index (χ2v) is 4.72. The van der Waals surface area contributed by atoms with Crippen LogP contribution in [0.25, 0.3) is 0 Å². The lowest BCUT2D eigenvalue weighted by molar-refractivity contribution is 0.598. The van der Waals surface area contributed by atoms with Gasteiger partial charge in [-0.3, -0.25) is 0 Å². The number of rotatable bonds is 4. The quantitative estimate of drug-likeness (QED) is 0.814. The third-order valence-corrected chi connectivity index (χ3v) is 3.15. The first-order valence-corrected chi connectivity index (χ1v) is 6.45. The summed E-state index contributed by atoms with van der Waals surface area (Å²) in [6.45, 7) is 1.97. The zero-order chi connectivity index (χ0) is 13.8. The van der Waals surface area contributed by atoms with Gasteiger partial charge in [0, 0.05) is 5.02 Å². The van der Waals surface area contributed by atoms with Crippen LogP contribution in [0.3, 0.4) is 0 Å². The van der Waals surface area contributed by atoms with Crippen molar-refractivity contribution < 1.29 is 8.78 Å². The number of hydrogen-bond donors (Lipinski definition) is 1.